The first kappa shape index (κ1) is 8.32. The van der Waals surface area contributed by atoms with Gasteiger partial charge in [0.05, 0.1) is 0 Å². The molecule has 0 aliphatic heterocycles. The van der Waals surface area contributed by atoms with E-state index in [2.05, 4.69) is 0 Å². The van der Waals surface area contributed by atoms with Crippen molar-refractivity contribution >= 4 is 0 Å². The largest absolute Gasteiger partial charge is 0.0533 e. The van der Waals surface area contributed by atoms with Crippen molar-refractivity contribution in [3.8, 4) is 0 Å². The summed E-state index contributed by atoms with van der Waals surface area (Å²) in [6.07, 6.45) is 14.2. The van der Waals surface area contributed by atoms with Gasteiger partial charge in [0.2, 0.25) is 0 Å². The van der Waals surface area contributed by atoms with Crippen LogP contribution in [0.15, 0.2) is 0 Å². The molecule has 3 saturated carbocycles. The molecule has 0 spiro atoms. The Hall–Kier alpha value is 0. The van der Waals surface area contributed by atoms with Gasteiger partial charge in [-0.05, 0) is 42.9 Å². The summed E-state index contributed by atoms with van der Waals surface area (Å²) in [5.41, 5.74) is 0. The minimum Gasteiger partial charge on any atom is -0.0533 e. The fourth-order valence-electron chi connectivity index (χ4n) is 4.43. The van der Waals surface area contributed by atoms with E-state index in [0.29, 0.717) is 0 Å². The molecule has 3 fully saturated rings. The van der Waals surface area contributed by atoms with Crippen LogP contribution in [0.2, 0.25) is 0 Å². The zero-order valence-corrected chi connectivity index (χ0v) is 8.67. The standard InChI is InChI=1S/C13H22/c1-2-4-11(5-3-1)13-9-10-6-7-12(13)8-10/h10-13H,1-9H2. The summed E-state index contributed by atoms with van der Waals surface area (Å²) >= 11 is 0. The van der Waals surface area contributed by atoms with Gasteiger partial charge in [0.15, 0.2) is 0 Å². The summed E-state index contributed by atoms with van der Waals surface area (Å²) in [6.45, 7) is 0. The van der Waals surface area contributed by atoms with Gasteiger partial charge in [-0.25, -0.2) is 0 Å². The summed E-state index contributed by atoms with van der Waals surface area (Å²) in [6, 6.07) is 0. The summed E-state index contributed by atoms with van der Waals surface area (Å²) in [7, 11) is 0. The zero-order valence-electron chi connectivity index (χ0n) is 8.67. The van der Waals surface area contributed by atoms with Gasteiger partial charge in [-0.2, -0.15) is 0 Å². The van der Waals surface area contributed by atoms with Crippen molar-refractivity contribution in [1.29, 1.82) is 0 Å². The number of fused-ring (bicyclic) bond motifs is 2. The molecule has 2 bridgehead atoms. The quantitative estimate of drug-likeness (QED) is 0.569. The Morgan fingerprint density at radius 2 is 1.46 bits per heavy atom. The maximum absolute atomic E-state index is 1.62. The van der Waals surface area contributed by atoms with Gasteiger partial charge >= 0.3 is 0 Å². The zero-order chi connectivity index (χ0) is 8.67. The predicted octanol–water partition coefficient (Wildman–Crippen LogP) is 4.00. The van der Waals surface area contributed by atoms with Crippen molar-refractivity contribution in [1.82, 2.24) is 0 Å². The molecule has 0 aromatic rings. The monoisotopic (exact) mass is 178 g/mol. The third kappa shape index (κ3) is 1.43. The Morgan fingerprint density at radius 1 is 0.615 bits per heavy atom. The van der Waals surface area contributed by atoms with Crippen LogP contribution in [0, 0.1) is 23.7 Å². The van der Waals surface area contributed by atoms with Crippen LogP contribution in [0.25, 0.3) is 0 Å². The Kier molecular flexibility index (Phi) is 2.11. The normalized spacial score (nSPS) is 45.7. The topological polar surface area (TPSA) is 0 Å². The second-order valence-corrected chi connectivity index (χ2v) is 5.74. The highest BCUT2D eigenvalue weighted by Crippen LogP contribution is 2.53. The smallest absolute Gasteiger partial charge is 0.0355 e. The third-order valence-corrected chi connectivity index (χ3v) is 5.05. The lowest BCUT2D eigenvalue weighted by Crippen LogP contribution is -2.22. The van der Waals surface area contributed by atoms with Gasteiger partial charge < -0.3 is 0 Å². The van der Waals surface area contributed by atoms with Crippen LogP contribution in [-0.4, -0.2) is 0 Å². The summed E-state index contributed by atoms with van der Waals surface area (Å²) < 4.78 is 0. The van der Waals surface area contributed by atoms with E-state index in [-0.39, 0.29) is 0 Å². The van der Waals surface area contributed by atoms with Crippen LogP contribution >= 0.6 is 0 Å². The molecule has 3 atom stereocenters. The van der Waals surface area contributed by atoms with Crippen LogP contribution in [0.5, 0.6) is 0 Å². The molecular weight excluding hydrogens is 156 g/mol. The summed E-state index contributed by atoms with van der Waals surface area (Å²) in [4.78, 5) is 0. The van der Waals surface area contributed by atoms with Gasteiger partial charge in [-0.3, -0.25) is 0 Å². The minimum absolute atomic E-state index is 1.16. The van der Waals surface area contributed by atoms with Crippen LogP contribution in [-0.2, 0) is 0 Å². The Labute approximate surface area is 82.1 Å². The van der Waals surface area contributed by atoms with Gasteiger partial charge in [0, 0.05) is 0 Å². The first-order valence-corrected chi connectivity index (χ1v) is 6.43. The van der Waals surface area contributed by atoms with Crippen molar-refractivity contribution in [3.63, 3.8) is 0 Å². The van der Waals surface area contributed by atoms with E-state index in [1.54, 1.807) is 51.4 Å². The highest BCUT2D eigenvalue weighted by atomic mass is 14.5. The lowest BCUT2D eigenvalue weighted by atomic mass is 9.73. The molecule has 3 rings (SSSR count). The van der Waals surface area contributed by atoms with E-state index >= 15 is 0 Å². The van der Waals surface area contributed by atoms with E-state index in [4.69, 9.17) is 0 Å². The SMILES string of the molecule is C1CCC(C2CC3CCC2C3)CC1. The molecule has 3 aliphatic rings. The first-order chi connectivity index (χ1) is 6.43. The molecule has 3 unspecified atom stereocenters. The molecule has 0 heterocycles. The van der Waals surface area contributed by atoms with Crippen molar-refractivity contribution in [2.45, 2.75) is 57.8 Å². The van der Waals surface area contributed by atoms with Crippen molar-refractivity contribution < 1.29 is 0 Å². The molecule has 0 amide bonds. The van der Waals surface area contributed by atoms with Gasteiger partial charge in [0.1, 0.15) is 0 Å². The Morgan fingerprint density at radius 3 is 2.08 bits per heavy atom. The van der Waals surface area contributed by atoms with E-state index in [1.165, 1.54) is 18.3 Å². The van der Waals surface area contributed by atoms with E-state index in [1.807, 2.05) is 0 Å². The number of hydrogen-bond donors (Lipinski definition) is 0. The van der Waals surface area contributed by atoms with Crippen LogP contribution in [0.4, 0.5) is 0 Å². The van der Waals surface area contributed by atoms with E-state index in [0.717, 1.165) is 11.8 Å². The van der Waals surface area contributed by atoms with E-state index in [9.17, 15) is 0 Å². The number of rotatable bonds is 1. The Balaban J connectivity index is 1.65. The van der Waals surface area contributed by atoms with Crippen LogP contribution in [0.1, 0.15) is 57.8 Å². The van der Waals surface area contributed by atoms with Crippen LogP contribution in [0.3, 0.4) is 0 Å². The molecular formula is C13H22. The number of hydrogen-bond acceptors (Lipinski definition) is 0. The molecule has 0 aromatic carbocycles. The molecule has 74 valence electrons. The average molecular weight is 178 g/mol. The molecule has 0 aromatic heterocycles. The second-order valence-electron chi connectivity index (χ2n) is 5.74. The van der Waals surface area contributed by atoms with Gasteiger partial charge in [0.25, 0.3) is 0 Å². The highest BCUT2D eigenvalue weighted by Gasteiger charge is 2.42. The molecule has 3 aliphatic carbocycles. The predicted molar refractivity (Wildman–Crippen MR) is 55.5 cm³/mol. The molecule has 0 heteroatoms. The van der Waals surface area contributed by atoms with Gasteiger partial charge in [-0.15, -0.1) is 0 Å². The second kappa shape index (κ2) is 3.29. The lowest BCUT2D eigenvalue weighted by molar-refractivity contribution is 0.179. The summed E-state index contributed by atoms with van der Waals surface area (Å²) in [5.74, 6) is 4.67. The van der Waals surface area contributed by atoms with Crippen molar-refractivity contribution in [2.24, 2.45) is 23.7 Å². The Bertz CT molecular complexity index is 178. The van der Waals surface area contributed by atoms with E-state index < -0.39 is 0 Å². The summed E-state index contributed by atoms with van der Waals surface area (Å²) in [5, 5.41) is 0. The molecule has 13 heavy (non-hydrogen) atoms. The molecule has 0 N–H and O–H groups in total. The average Bonchev–Trinajstić information content (AvgIpc) is 2.80. The van der Waals surface area contributed by atoms with Gasteiger partial charge in [-0.1, -0.05) is 38.5 Å². The van der Waals surface area contributed by atoms with Crippen molar-refractivity contribution in [2.75, 3.05) is 0 Å². The third-order valence-electron chi connectivity index (χ3n) is 5.05. The first-order valence-electron chi connectivity index (χ1n) is 6.43. The molecule has 0 saturated heterocycles. The maximum Gasteiger partial charge on any atom is -0.0355 e. The lowest BCUT2D eigenvalue weighted by Gasteiger charge is -2.33. The van der Waals surface area contributed by atoms with Crippen molar-refractivity contribution in [3.05, 3.63) is 0 Å². The maximum atomic E-state index is 1.62. The fraction of sp³-hybridized carbons (Fsp3) is 1.00. The van der Waals surface area contributed by atoms with Crippen LogP contribution < -0.4 is 0 Å². The minimum atomic E-state index is 1.16. The molecule has 0 nitrogen and oxygen atoms in total. The fourth-order valence-corrected chi connectivity index (χ4v) is 4.43. The highest BCUT2D eigenvalue weighted by molar-refractivity contribution is 4.93. The molecule has 0 radical (unpaired) electrons.